The van der Waals surface area contributed by atoms with Crippen LogP contribution in [0, 0.1) is 0 Å². The fraction of sp³-hybridized carbons (Fsp3) is 0.333. The minimum atomic E-state index is -4.49. The molecule has 1 aliphatic rings. The topological polar surface area (TPSA) is 104 Å². The zero-order chi connectivity index (χ0) is 30.8. The molecule has 0 unspecified atom stereocenters. The maximum Gasteiger partial charge on any atom is 0.410 e. The molecule has 4 aromatic rings. The maximum atomic E-state index is 12.4. The second kappa shape index (κ2) is 11.8. The van der Waals surface area contributed by atoms with Gasteiger partial charge in [0, 0.05) is 55.4 Å². The molecule has 4 heterocycles. The van der Waals surface area contributed by atoms with E-state index in [4.69, 9.17) is 4.74 Å². The highest BCUT2D eigenvalue weighted by atomic mass is 19.4. The summed E-state index contributed by atoms with van der Waals surface area (Å²) in [5.74, 6) is 0.831. The summed E-state index contributed by atoms with van der Waals surface area (Å²) in [6.07, 6.45) is 0.592. The summed E-state index contributed by atoms with van der Waals surface area (Å²) in [4.78, 5) is 37.3. The Morgan fingerprint density at radius 1 is 0.907 bits per heavy atom. The van der Waals surface area contributed by atoms with Gasteiger partial charge in [0.1, 0.15) is 23.6 Å². The molecule has 5 rings (SSSR count). The molecule has 226 valence electrons. The lowest BCUT2D eigenvalue weighted by molar-refractivity contribution is -0.122. The molecular formula is C30H32F3N7O3. The third-order valence-corrected chi connectivity index (χ3v) is 6.72. The minimum Gasteiger partial charge on any atom is -0.444 e. The molecule has 0 aliphatic carbocycles. The van der Waals surface area contributed by atoms with Crippen molar-refractivity contribution in [1.29, 1.82) is 0 Å². The van der Waals surface area contributed by atoms with Crippen molar-refractivity contribution >= 4 is 29.3 Å². The Bertz CT molecular complexity index is 1610. The summed E-state index contributed by atoms with van der Waals surface area (Å²) in [5.41, 5.74) is 3.83. The number of carbonyl (C=O) groups excluding carboxylic acids is 2. The molecule has 43 heavy (non-hydrogen) atoms. The number of nitrogens with zero attached hydrogens (tertiary/aromatic N) is 5. The van der Waals surface area contributed by atoms with Crippen molar-refractivity contribution in [2.24, 2.45) is 0 Å². The largest absolute Gasteiger partial charge is 0.444 e. The van der Waals surface area contributed by atoms with Crippen LogP contribution in [-0.2, 0) is 4.74 Å². The quantitative estimate of drug-likeness (QED) is 0.302. The number of nitrogens with one attached hydrogen (secondary N) is 2. The van der Waals surface area contributed by atoms with E-state index in [1.807, 2.05) is 67.9 Å². The Morgan fingerprint density at radius 2 is 1.67 bits per heavy atom. The number of halogens is 3. The van der Waals surface area contributed by atoms with Crippen LogP contribution in [0.25, 0.3) is 28.0 Å². The molecule has 0 atom stereocenters. The summed E-state index contributed by atoms with van der Waals surface area (Å²) < 4.78 is 44.5. The van der Waals surface area contributed by atoms with Crippen molar-refractivity contribution in [3.8, 4) is 22.4 Å². The van der Waals surface area contributed by atoms with Gasteiger partial charge in [-0.2, -0.15) is 13.2 Å². The van der Waals surface area contributed by atoms with Gasteiger partial charge in [-0.15, -0.1) is 0 Å². The average molecular weight is 596 g/mol. The van der Waals surface area contributed by atoms with E-state index < -0.39 is 24.4 Å². The van der Waals surface area contributed by atoms with E-state index in [9.17, 15) is 22.8 Å². The number of fused-ring (bicyclic) bond motifs is 1. The van der Waals surface area contributed by atoms with Crippen LogP contribution in [0.2, 0.25) is 0 Å². The fourth-order valence-electron chi connectivity index (χ4n) is 4.67. The van der Waals surface area contributed by atoms with Crippen LogP contribution in [0.15, 0.2) is 67.1 Å². The van der Waals surface area contributed by atoms with Crippen molar-refractivity contribution in [2.45, 2.75) is 32.5 Å². The van der Waals surface area contributed by atoms with E-state index in [-0.39, 0.29) is 6.09 Å². The smallest absolute Gasteiger partial charge is 0.410 e. The first-order valence-corrected chi connectivity index (χ1v) is 13.7. The molecule has 3 amide bonds. The number of anilines is 2. The van der Waals surface area contributed by atoms with Crippen molar-refractivity contribution in [1.82, 2.24) is 24.6 Å². The number of imidazole rings is 1. The zero-order valence-corrected chi connectivity index (χ0v) is 24.0. The van der Waals surface area contributed by atoms with Crippen LogP contribution in [0.5, 0.6) is 0 Å². The monoisotopic (exact) mass is 595 g/mol. The molecule has 13 heteroatoms. The molecule has 1 saturated heterocycles. The molecule has 1 aliphatic heterocycles. The Kier molecular flexibility index (Phi) is 8.16. The second-order valence-electron chi connectivity index (χ2n) is 11.2. The Hall–Kier alpha value is -4.81. The van der Waals surface area contributed by atoms with Crippen LogP contribution >= 0.6 is 0 Å². The number of hydrogen-bond acceptors (Lipinski definition) is 6. The van der Waals surface area contributed by atoms with E-state index in [0.29, 0.717) is 37.5 Å². The van der Waals surface area contributed by atoms with Gasteiger partial charge in [0.15, 0.2) is 0 Å². The lowest BCUT2D eigenvalue weighted by Gasteiger charge is -2.36. The molecule has 0 radical (unpaired) electrons. The van der Waals surface area contributed by atoms with E-state index >= 15 is 0 Å². The van der Waals surface area contributed by atoms with E-state index in [0.717, 1.165) is 28.2 Å². The summed E-state index contributed by atoms with van der Waals surface area (Å²) >= 11 is 0. The predicted octanol–water partition coefficient (Wildman–Crippen LogP) is 5.80. The van der Waals surface area contributed by atoms with Crippen LogP contribution in [0.1, 0.15) is 20.8 Å². The zero-order valence-electron chi connectivity index (χ0n) is 24.0. The van der Waals surface area contributed by atoms with Crippen LogP contribution in [0.4, 0.5) is 34.3 Å². The lowest BCUT2D eigenvalue weighted by Crippen LogP contribution is -2.50. The number of carbonyl (C=O) groups is 2. The number of benzene rings is 1. The van der Waals surface area contributed by atoms with Crippen molar-refractivity contribution < 1.29 is 27.5 Å². The molecule has 0 saturated carbocycles. The van der Waals surface area contributed by atoms with E-state index in [1.54, 1.807) is 34.6 Å². The van der Waals surface area contributed by atoms with Crippen molar-refractivity contribution in [3.05, 3.63) is 67.1 Å². The maximum absolute atomic E-state index is 12.4. The number of piperazine rings is 1. The number of amides is 3. The third-order valence-electron chi connectivity index (χ3n) is 6.72. The van der Waals surface area contributed by atoms with Gasteiger partial charge in [-0.1, -0.05) is 12.1 Å². The first-order chi connectivity index (χ1) is 20.3. The molecule has 3 aromatic heterocycles. The van der Waals surface area contributed by atoms with Gasteiger partial charge in [0.25, 0.3) is 0 Å². The normalized spacial score (nSPS) is 14.1. The van der Waals surface area contributed by atoms with Crippen LogP contribution < -0.4 is 15.5 Å². The number of aromatic nitrogens is 3. The standard InChI is InChI=1S/C30H32F3N7O3/c1-29(2,3)43-28(42)39-13-11-38(12-14-39)25-8-7-22(17-34-25)20-9-10-40-24(18-35-26(40)16-20)21-5-4-6-23(15-21)37-27(41)36-19-30(31,32)33/h4-10,15-18H,11-14,19H2,1-3H3,(H2,36,37,41). The Morgan fingerprint density at radius 3 is 2.35 bits per heavy atom. The van der Waals surface area contributed by atoms with Gasteiger partial charge in [0.2, 0.25) is 0 Å². The van der Waals surface area contributed by atoms with Crippen LogP contribution in [-0.4, -0.2) is 75.9 Å². The average Bonchev–Trinajstić information content (AvgIpc) is 3.39. The number of rotatable bonds is 5. The Labute approximate surface area is 246 Å². The molecule has 2 N–H and O–H groups in total. The van der Waals surface area contributed by atoms with Gasteiger partial charge < -0.3 is 25.2 Å². The highest BCUT2D eigenvalue weighted by Crippen LogP contribution is 2.28. The highest BCUT2D eigenvalue weighted by molar-refractivity contribution is 5.90. The number of alkyl halides is 3. The van der Waals surface area contributed by atoms with E-state index in [2.05, 4.69) is 20.2 Å². The SMILES string of the molecule is CC(C)(C)OC(=O)N1CCN(c2ccc(-c3ccn4c(-c5cccc(NC(=O)NCC(F)(F)F)c5)cnc4c3)cn2)CC1. The fourth-order valence-corrected chi connectivity index (χ4v) is 4.67. The minimum absolute atomic E-state index is 0.301. The molecule has 1 fully saturated rings. The molecule has 0 bridgehead atoms. The summed E-state index contributed by atoms with van der Waals surface area (Å²) in [6.45, 7) is 6.57. The molecule has 1 aromatic carbocycles. The Balaban J connectivity index is 1.24. The lowest BCUT2D eigenvalue weighted by atomic mass is 10.1. The summed E-state index contributed by atoms with van der Waals surface area (Å²) in [5, 5.41) is 4.22. The first-order valence-electron chi connectivity index (χ1n) is 13.7. The van der Waals surface area contributed by atoms with Crippen molar-refractivity contribution in [2.75, 3.05) is 42.9 Å². The highest BCUT2D eigenvalue weighted by Gasteiger charge is 2.28. The number of ether oxygens (including phenoxy) is 1. The van der Waals surface area contributed by atoms with E-state index in [1.165, 1.54) is 0 Å². The predicted molar refractivity (Wildman–Crippen MR) is 157 cm³/mol. The van der Waals surface area contributed by atoms with Crippen LogP contribution in [0.3, 0.4) is 0 Å². The molecule has 10 nitrogen and oxygen atoms in total. The van der Waals surface area contributed by atoms with Gasteiger partial charge in [-0.3, -0.25) is 4.40 Å². The van der Waals surface area contributed by atoms with Crippen molar-refractivity contribution in [3.63, 3.8) is 0 Å². The number of hydrogen-bond donors (Lipinski definition) is 2. The molecular weight excluding hydrogens is 563 g/mol. The van der Waals surface area contributed by atoms with Gasteiger partial charge >= 0.3 is 18.3 Å². The second-order valence-corrected chi connectivity index (χ2v) is 11.2. The molecule has 0 spiro atoms. The number of urea groups is 1. The summed E-state index contributed by atoms with van der Waals surface area (Å²) in [6, 6.07) is 13.7. The van der Waals surface area contributed by atoms with Gasteiger partial charge in [0.05, 0.1) is 11.9 Å². The van der Waals surface area contributed by atoms with Gasteiger partial charge in [-0.05, 0) is 62.7 Å². The first kappa shape index (κ1) is 29.7. The summed E-state index contributed by atoms with van der Waals surface area (Å²) in [7, 11) is 0. The third kappa shape index (κ3) is 7.53. The van der Waals surface area contributed by atoms with Gasteiger partial charge in [-0.25, -0.2) is 19.6 Å². The number of pyridine rings is 2.